The predicted octanol–water partition coefficient (Wildman–Crippen LogP) is 0.706. The van der Waals surface area contributed by atoms with Gasteiger partial charge >= 0.3 is 5.97 Å². The molecule has 0 unspecified atom stereocenters. The van der Waals surface area contributed by atoms with Crippen molar-refractivity contribution in [2.45, 2.75) is 211 Å². The molecule has 66 heavy (non-hydrogen) atoms. The number of ether oxygens (including phenoxy) is 6. The summed E-state index contributed by atoms with van der Waals surface area (Å²) in [7, 11) is 0. The molecular formula is C48H78O18. The lowest BCUT2D eigenvalue weighted by molar-refractivity contribution is -0.393. The minimum atomic E-state index is -1.90. The largest absolute Gasteiger partial charge is 0.481 e. The molecule has 3 aliphatic heterocycles. The SMILES string of the molecule is CC1(C)CC[C@@]2(C(=O)O)CC[C@@]3(C)C(=CC[C@@H]4[C@@]5(C)CC[C@H](O[C@@H]6O[C@H](CO)[C@H](O[C@H]7O[C@H](CO)[C@H](O)[C@H](O)[C@H]7O)[C@H](O[C@H]7O[C@@H](CO)[C@H](O)[C@@H](O)[C@H]7O)[C@@H]6O)C(C)(C)[C@@H]5CC[C@@]43C)[C@H]2C1. The first-order valence-corrected chi connectivity index (χ1v) is 24.3. The zero-order valence-electron chi connectivity index (χ0n) is 39.5. The van der Waals surface area contributed by atoms with Gasteiger partial charge in [-0.2, -0.15) is 0 Å². The second-order valence-electron chi connectivity index (χ2n) is 23.5. The molecule has 3 heterocycles. The molecule has 0 aromatic carbocycles. The standard InChI is InChI=1S/C48H78O18/c1-43(2)14-16-48(42(59)60)17-15-46(6)22(23(48)18-43)8-9-28-45(5)12-11-29(44(3,4)27(45)10-13-47(28,46)7)64-41-36(58)38(66-40-35(57)33(55)31(53)25(20-50)62-40)37(26(21-51)63-41)65-39-34(56)32(54)30(52)24(19-49)61-39/h8,23-41,49-58H,9-21H2,1-7H3,(H,59,60)/t23-,24-,25+,26-,27+,28-,29+,30+,31+,32+,33-,34-,35-,36+,37+,38-,39-,40-,41+,45+,46+,47+,48-/m1/s1. The summed E-state index contributed by atoms with van der Waals surface area (Å²) in [5.41, 5.74) is -0.183. The number of hydrogen-bond acceptors (Lipinski definition) is 17. The maximum absolute atomic E-state index is 13.2. The van der Waals surface area contributed by atoms with Crippen LogP contribution in [0.4, 0.5) is 0 Å². The van der Waals surface area contributed by atoms with E-state index in [1.54, 1.807) is 0 Å². The van der Waals surface area contributed by atoms with Crippen LogP contribution in [0.3, 0.4) is 0 Å². The monoisotopic (exact) mass is 943 g/mol. The summed E-state index contributed by atoms with van der Waals surface area (Å²) in [6.07, 6.45) is -15.1. The maximum Gasteiger partial charge on any atom is 0.310 e. The molecule has 378 valence electrons. The van der Waals surface area contributed by atoms with Gasteiger partial charge in [-0.3, -0.25) is 4.79 Å². The molecule has 3 saturated heterocycles. The fourth-order valence-electron chi connectivity index (χ4n) is 15.2. The Balaban J connectivity index is 1.06. The molecule has 23 atom stereocenters. The summed E-state index contributed by atoms with van der Waals surface area (Å²) in [4.78, 5) is 13.2. The van der Waals surface area contributed by atoms with E-state index in [1.165, 1.54) is 5.57 Å². The summed E-state index contributed by atoms with van der Waals surface area (Å²) in [6, 6.07) is 0. The molecule has 11 N–H and O–H groups in total. The van der Waals surface area contributed by atoms with Crippen molar-refractivity contribution in [3.8, 4) is 0 Å². The first-order valence-electron chi connectivity index (χ1n) is 24.3. The van der Waals surface area contributed by atoms with Crippen molar-refractivity contribution < 1.29 is 89.4 Å². The van der Waals surface area contributed by atoms with Crippen LogP contribution in [0.1, 0.15) is 113 Å². The lowest BCUT2D eigenvalue weighted by Gasteiger charge is -2.71. The number of fused-ring (bicyclic) bond motifs is 7. The van der Waals surface area contributed by atoms with Crippen LogP contribution in [0.15, 0.2) is 11.6 Å². The van der Waals surface area contributed by atoms with E-state index in [0.29, 0.717) is 25.2 Å². The van der Waals surface area contributed by atoms with Gasteiger partial charge in [-0.15, -0.1) is 0 Å². The minimum absolute atomic E-state index is 0.00164. The summed E-state index contributed by atoms with van der Waals surface area (Å²) >= 11 is 0. The van der Waals surface area contributed by atoms with Crippen LogP contribution in [-0.2, 0) is 33.2 Å². The highest BCUT2D eigenvalue weighted by molar-refractivity contribution is 5.76. The molecule has 18 heteroatoms. The Hall–Kier alpha value is -1.43. The van der Waals surface area contributed by atoms with Gasteiger partial charge in [0.05, 0.1) is 31.3 Å². The van der Waals surface area contributed by atoms with Gasteiger partial charge in [-0.05, 0) is 109 Å². The number of carboxylic acids is 1. The first kappa shape index (κ1) is 50.9. The molecule has 7 fully saturated rings. The quantitative estimate of drug-likeness (QED) is 0.106. The molecule has 5 aliphatic carbocycles. The van der Waals surface area contributed by atoms with Crippen LogP contribution in [0, 0.1) is 50.2 Å². The van der Waals surface area contributed by atoms with Crippen LogP contribution in [-0.4, -0.2) is 180 Å². The third kappa shape index (κ3) is 7.87. The number of allylic oxidation sites excluding steroid dienone is 2. The van der Waals surface area contributed by atoms with Gasteiger partial charge in [-0.1, -0.05) is 60.1 Å². The van der Waals surface area contributed by atoms with E-state index in [-0.39, 0.29) is 33.5 Å². The molecule has 4 saturated carbocycles. The van der Waals surface area contributed by atoms with Crippen LogP contribution in [0.25, 0.3) is 0 Å². The van der Waals surface area contributed by atoms with Crippen molar-refractivity contribution in [3.63, 3.8) is 0 Å². The van der Waals surface area contributed by atoms with E-state index in [9.17, 15) is 61.0 Å². The van der Waals surface area contributed by atoms with E-state index in [1.807, 2.05) is 0 Å². The number of aliphatic carboxylic acids is 1. The normalized spacial score (nSPS) is 53.3. The summed E-state index contributed by atoms with van der Waals surface area (Å²) in [5, 5.41) is 118. The molecule has 0 aromatic rings. The molecule has 0 bridgehead atoms. The average Bonchev–Trinajstić information content (AvgIpc) is 3.26. The van der Waals surface area contributed by atoms with Crippen LogP contribution < -0.4 is 0 Å². The van der Waals surface area contributed by atoms with Crippen molar-refractivity contribution in [2.24, 2.45) is 50.2 Å². The van der Waals surface area contributed by atoms with Crippen LogP contribution in [0.2, 0.25) is 0 Å². The van der Waals surface area contributed by atoms with Gasteiger partial charge in [-0.25, -0.2) is 0 Å². The van der Waals surface area contributed by atoms with Crippen molar-refractivity contribution in [3.05, 3.63) is 11.6 Å². The molecule has 8 rings (SSSR count). The van der Waals surface area contributed by atoms with Gasteiger partial charge in [0.25, 0.3) is 0 Å². The summed E-state index contributed by atoms with van der Waals surface area (Å²) < 4.78 is 36.6. The van der Waals surface area contributed by atoms with Crippen molar-refractivity contribution in [1.82, 2.24) is 0 Å². The number of carbonyl (C=O) groups is 1. The zero-order chi connectivity index (χ0) is 48.3. The molecule has 8 aliphatic rings. The number of aliphatic hydroxyl groups excluding tert-OH is 10. The number of carboxylic acid groups (broad SMARTS) is 1. The summed E-state index contributed by atoms with van der Waals surface area (Å²) in [5.74, 6) is -0.191. The Morgan fingerprint density at radius 2 is 1.14 bits per heavy atom. The van der Waals surface area contributed by atoms with E-state index in [4.69, 9.17) is 28.4 Å². The molecule has 0 spiro atoms. The highest BCUT2D eigenvalue weighted by atomic mass is 16.8. The maximum atomic E-state index is 13.2. The van der Waals surface area contributed by atoms with Crippen molar-refractivity contribution in [1.29, 1.82) is 0 Å². The zero-order valence-corrected chi connectivity index (χ0v) is 39.5. The Kier molecular flexibility index (Phi) is 13.9. The van der Waals surface area contributed by atoms with E-state index in [2.05, 4.69) is 54.5 Å². The fourth-order valence-corrected chi connectivity index (χ4v) is 15.2. The smallest absolute Gasteiger partial charge is 0.310 e. The average molecular weight is 943 g/mol. The Labute approximate surface area is 387 Å². The third-order valence-electron chi connectivity index (χ3n) is 19.4. The molecular weight excluding hydrogens is 865 g/mol. The van der Waals surface area contributed by atoms with E-state index >= 15 is 0 Å². The van der Waals surface area contributed by atoms with Gasteiger partial charge in [0.1, 0.15) is 73.2 Å². The molecule has 0 radical (unpaired) electrons. The van der Waals surface area contributed by atoms with Gasteiger partial charge in [0, 0.05) is 0 Å². The minimum Gasteiger partial charge on any atom is -0.481 e. The van der Waals surface area contributed by atoms with E-state index < -0.39 is 135 Å². The first-order chi connectivity index (χ1) is 30.9. The molecule has 0 aromatic heterocycles. The second-order valence-corrected chi connectivity index (χ2v) is 23.5. The highest BCUT2D eigenvalue weighted by Crippen LogP contribution is 2.76. The summed E-state index contributed by atoms with van der Waals surface area (Å²) in [6.45, 7) is 13.9. The van der Waals surface area contributed by atoms with Gasteiger partial charge in [0.2, 0.25) is 0 Å². The van der Waals surface area contributed by atoms with Gasteiger partial charge < -0.3 is 84.6 Å². The topological polar surface area (TPSA) is 295 Å². The Morgan fingerprint density at radius 1 is 0.606 bits per heavy atom. The molecule has 0 amide bonds. The van der Waals surface area contributed by atoms with Crippen molar-refractivity contribution >= 4 is 5.97 Å². The van der Waals surface area contributed by atoms with Crippen LogP contribution >= 0.6 is 0 Å². The Bertz CT molecular complexity index is 1790. The predicted molar refractivity (Wildman–Crippen MR) is 231 cm³/mol. The lowest BCUT2D eigenvalue weighted by atomic mass is 9.33. The van der Waals surface area contributed by atoms with Crippen molar-refractivity contribution in [2.75, 3.05) is 19.8 Å². The number of rotatable bonds is 10. The third-order valence-corrected chi connectivity index (χ3v) is 19.4. The fraction of sp³-hybridized carbons (Fsp3) is 0.938. The van der Waals surface area contributed by atoms with Gasteiger partial charge in [0.15, 0.2) is 18.9 Å². The molecule has 18 nitrogen and oxygen atoms in total. The van der Waals surface area contributed by atoms with E-state index in [0.717, 1.165) is 44.9 Å². The lowest BCUT2D eigenvalue weighted by Crippen LogP contribution is -2.68. The highest BCUT2D eigenvalue weighted by Gasteiger charge is 2.70. The number of aliphatic hydroxyl groups is 10. The van der Waals surface area contributed by atoms with Crippen LogP contribution in [0.5, 0.6) is 0 Å². The second kappa shape index (κ2) is 18.0. The number of hydrogen-bond donors (Lipinski definition) is 11. The Morgan fingerprint density at radius 3 is 1.70 bits per heavy atom.